The molecule has 2 saturated carbocycles. The molecule has 0 amide bonds. The highest BCUT2D eigenvalue weighted by atomic mass is 79.9. The molecule has 2 aliphatic carbocycles. The molecule has 0 heterocycles. The quantitative estimate of drug-likeness (QED) is 0.680. The molecule has 80 valence electrons. The molecule has 0 saturated heterocycles. The monoisotopic (exact) mass is 298 g/mol. The first kappa shape index (κ1) is 11.2. The molecule has 1 nitrogen and oxygen atoms in total. The molecule has 14 heavy (non-hydrogen) atoms. The van der Waals surface area contributed by atoms with Crippen molar-refractivity contribution in [1.29, 1.82) is 0 Å². The van der Waals surface area contributed by atoms with Crippen LogP contribution in [0.4, 0.5) is 0 Å². The van der Waals surface area contributed by atoms with Gasteiger partial charge < -0.3 is 0 Å². The molecule has 2 fully saturated rings. The number of Topliss-reactive ketones (excluding diaryl/α,β-unsaturated/α-hetero) is 1. The van der Waals surface area contributed by atoms with Gasteiger partial charge in [-0.3, -0.25) is 4.79 Å². The van der Waals surface area contributed by atoms with E-state index in [0.717, 1.165) is 6.42 Å². The first-order valence-electron chi connectivity index (χ1n) is 4.78. The van der Waals surface area contributed by atoms with Gasteiger partial charge in [-0.05, 0) is 17.8 Å². The van der Waals surface area contributed by atoms with Gasteiger partial charge in [0.15, 0.2) is 5.78 Å². The number of hydrogen-bond donors (Lipinski definition) is 0. The van der Waals surface area contributed by atoms with Crippen molar-refractivity contribution in [2.75, 3.05) is 5.88 Å². The van der Waals surface area contributed by atoms with Crippen LogP contribution in [0.1, 0.15) is 20.3 Å². The summed E-state index contributed by atoms with van der Waals surface area (Å²) in [6.07, 6.45) is 0.892. The third-order valence-electron chi connectivity index (χ3n) is 4.49. The predicted molar refractivity (Wildman–Crippen MR) is 62.4 cm³/mol. The molecule has 2 bridgehead atoms. The van der Waals surface area contributed by atoms with Crippen LogP contribution in [0, 0.1) is 16.7 Å². The van der Waals surface area contributed by atoms with E-state index in [-0.39, 0.29) is 21.4 Å². The van der Waals surface area contributed by atoms with Crippen molar-refractivity contribution in [1.82, 2.24) is 0 Å². The highest BCUT2D eigenvalue weighted by molar-refractivity contribution is 9.10. The Kier molecular flexibility index (Phi) is 2.50. The van der Waals surface area contributed by atoms with Crippen LogP contribution in [0.5, 0.6) is 0 Å². The Balaban J connectivity index is 2.53. The van der Waals surface area contributed by atoms with E-state index in [1.54, 1.807) is 0 Å². The lowest BCUT2D eigenvalue weighted by atomic mass is 9.70. The van der Waals surface area contributed by atoms with Gasteiger partial charge in [0.1, 0.15) is 0 Å². The lowest BCUT2D eigenvalue weighted by Gasteiger charge is -2.36. The van der Waals surface area contributed by atoms with Gasteiger partial charge in [0.2, 0.25) is 0 Å². The SMILES string of the molecule is CC1(CCl)C2CC(Cl)C1(C)C(=O)C2Br. The van der Waals surface area contributed by atoms with E-state index in [0.29, 0.717) is 11.8 Å². The van der Waals surface area contributed by atoms with Crippen LogP contribution in [0.3, 0.4) is 0 Å². The van der Waals surface area contributed by atoms with E-state index in [1.807, 2.05) is 6.92 Å². The Labute approximate surface area is 103 Å². The molecule has 0 radical (unpaired) electrons. The Bertz CT molecular complexity index is 296. The standard InChI is InChI=1S/C10H13BrCl2O/c1-9(4-12)5-3-6(13)10(9,2)8(14)7(5)11/h5-7H,3-4H2,1-2H3. The minimum atomic E-state index is -0.449. The third kappa shape index (κ3) is 0.959. The van der Waals surface area contributed by atoms with Crippen LogP contribution in [0.2, 0.25) is 0 Å². The fraction of sp³-hybridized carbons (Fsp3) is 0.900. The maximum absolute atomic E-state index is 12.1. The third-order valence-corrected chi connectivity index (χ3v) is 6.71. The zero-order valence-electron chi connectivity index (χ0n) is 8.19. The number of alkyl halides is 3. The maximum Gasteiger partial charge on any atom is 0.154 e. The first-order chi connectivity index (χ1) is 6.39. The number of rotatable bonds is 1. The van der Waals surface area contributed by atoms with Crippen LogP contribution < -0.4 is 0 Å². The van der Waals surface area contributed by atoms with Gasteiger partial charge in [0, 0.05) is 11.3 Å². The number of halogens is 3. The fourth-order valence-corrected chi connectivity index (χ4v) is 5.35. The van der Waals surface area contributed by atoms with Crippen molar-refractivity contribution >= 4 is 44.9 Å². The van der Waals surface area contributed by atoms with Crippen molar-refractivity contribution in [3.63, 3.8) is 0 Å². The van der Waals surface area contributed by atoms with E-state index < -0.39 is 5.41 Å². The number of ketones is 1. The van der Waals surface area contributed by atoms with Gasteiger partial charge in [-0.15, -0.1) is 23.2 Å². The van der Waals surface area contributed by atoms with E-state index in [2.05, 4.69) is 22.9 Å². The smallest absolute Gasteiger partial charge is 0.154 e. The molecule has 0 aliphatic heterocycles. The molecule has 0 aromatic carbocycles. The minimum absolute atomic E-state index is 0.0498. The summed E-state index contributed by atoms with van der Waals surface area (Å²) in [6, 6.07) is 0. The van der Waals surface area contributed by atoms with Crippen molar-refractivity contribution in [3.05, 3.63) is 0 Å². The van der Waals surface area contributed by atoms with E-state index in [1.165, 1.54) is 0 Å². The summed E-state index contributed by atoms with van der Waals surface area (Å²) in [5.41, 5.74) is -0.596. The van der Waals surface area contributed by atoms with E-state index >= 15 is 0 Å². The van der Waals surface area contributed by atoms with Gasteiger partial charge in [-0.1, -0.05) is 29.8 Å². The highest BCUT2D eigenvalue weighted by Gasteiger charge is 2.71. The predicted octanol–water partition coefficient (Wildman–Crippen LogP) is 3.21. The van der Waals surface area contributed by atoms with Gasteiger partial charge in [0.05, 0.1) is 10.2 Å². The molecule has 0 aromatic rings. The summed E-state index contributed by atoms with van der Waals surface area (Å²) >= 11 is 15.8. The molecular formula is C10H13BrCl2O. The highest BCUT2D eigenvalue weighted by Crippen LogP contribution is 2.67. The zero-order chi connectivity index (χ0) is 10.7. The van der Waals surface area contributed by atoms with Crippen molar-refractivity contribution in [2.45, 2.75) is 30.5 Å². The molecule has 2 rings (SSSR count). The van der Waals surface area contributed by atoms with Crippen LogP contribution >= 0.6 is 39.1 Å². The second-order valence-electron chi connectivity index (χ2n) is 4.83. The molecule has 0 N–H and O–H groups in total. The van der Waals surface area contributed by atoms with Crippen LogP contribution in [0.25, 0.3) is 0 Å². The summed E-state index contributed by atoms with van der Waals surface area (Å²) < 4.78 is 0. The summed E-state index contributed by atoms with van der Waals surface area (Å²) in [7, 11) is 0. The molecule has 0 spiro atoms. The average Bonchev–Trinajstić information content (AvgIpc) is 2.44. The van der Waals surface area contributed by atoms with Crippen molar-refractivity contribution in [2.24, 2.45) is 16.7 Å². The summed E-state index contributed by atoms with van der Waals surface area (Å²) in [5.74, 6) is 1.03. The molecule has 4 heteroatoms. The molecule has 0 aromatic heterocycles. The summed E-state index contributed by atoms with van der Waals surface area (Å²) in [4.78, 5) is 12.0. The number of carbonyl (C=O) groups excluding carboxylic acids is 1. The fourth-order valence-electron chi connectivity index (χ4n) is 3.05. The molecular weight excluding hydrogens is 287 g/mol. The molecule has 5 unspecified atom stereocenters. The van der Waals surface area contributed by atoms with Crippen LogP contribution in [0.15, 0.2) is 0 Å². The van der Waals surface area contributed by atoms with Crippen molar-refractivity contribution < 1.29 is 4.79 Å². The maximum atomic E-state index is 12.1. The van der Waals surface area contributed by atoms with Gasteiger partial charge in [0.25, 0.3) is 0 Å². The van der Waals surface area contributed by atoms with Gasteiger partial charge in [-0.25, -0.2) is 0 Å². The Morgan fingerprint density at radius 2 is 2.14 bits per heavy atom. The second-order valence-corrected chi connectivity index (χ2v) is 6.61. The Morgan fingerprint density at radius 3 is 2.50 bits per heavy atom. The second kappa shape index (κ2) is 3.11. The summed E-state index contributed by atoms with van der Waals surface area (Å²) in [5, 5.41) is -0.0578. The Morgan fingerprint density at radius 1 is 1.57 bits per heavy atom. The largest absolute Gasteiger partial charge is 0.298 e. The number of carbonyl (C=O) groups is 1. The van der Waals surface area contributed by atoms with E-state index in [9.17, 15) is 4.79 Å². The lowest BCUT2D eigenvalue weighted by molar-refractivity contribution is -0.127. The number of fused-ring (bicyclic) bond motifs is 2. The lowest BCUT2D eigenvalue weighted by Crippen LogP contribution is -2.42. The number of hydrogen-bond acceptors (Lipinski definition) is 1. The average molecular weight is 300 g/mol. The first-order valence-corrected chi connectivity index (χ1v) is 6.66. The van der Waals surface area contributed by atoms with Gasteiger partial charge in [-0.2, -0.15) is 0 Å². The Hall–Kier alpha value is 0.730. The van der Waals surface area contributed by atoms with Crippen molar-refractivity contribution in [3.8, 4) is 0 Å². The van der Waals surface area contributed by atoms with E-state index in [4.69, 9.17) is 23.2 Å². The minimum Gasteiger partial charge on any atom is -0.298 e. The molecule has 2 aliphatic rings. The summed E-state index contributed by atoms with van der Waals surface area (Å²) in [6.45, 7) is 4.06. The normalized spacial score (nSPS) is 56.9. The van der Waals surface area contributed by atoms with Gasteiger partial charge >= 0.3 is 0 Å². The van der Waals surface area contributed by atoms with Crippen LogP contribution in [-0.4, -0.2) is 21.9 Å². The zero-order valence-corrected chi connectivity index (χ0v) is 11.3. The molecule has 5 atom stereocenters. The van der Waals surface area contributed by atoms with Crippen LogP contribution in [-0.2, 0) is 4.79 Å². The topological polar surface area (TPSA) is 17.1 Å².